The van der Waals surface area contributed by atoms with Crippen molar-refractivity contribution >= 4 is 11.6 Å². The minimum atomic E-state index is -0.310. The average Bonchev–Trinajstić information content (AvgIpc) is 3.38. The monoisotopic (exact) mass is 378 g/mol. The van der Waals surface area contributed by atoms with Gasteiger partial charge in [-0.2, -0.15) is 0 Å². The molecule has 0 aliphatic rings. The van der Waals surface area contributed by atoms with Crippen LogP contribution in [0.5, 0.6) is 0 Å². The van der Waals surface area contributed by atoms with Crippen molar-refractivity contribution in [3.63, 3.8) is 0 Å². The number of nitrogens with zero attached hydrogens (tertiary/aromatic N) is 6. The number of rotatable bonds is 5. The lowest BCUT2D eigenvalue weighted by Crippen LogP contribution is -2.36. The molecule has 0 amide bonds. The van der Waals surface area contributed by atoms with Crippen molar-refractivity contribution in [2.75, 3.05) is 7.05 Å². The summed E-state index contributed by atoms with van der Waals surface area (Å²) >= 11 is 0. The number of benzene rings is 1. The maximum atomic E-state index is 14.4. The largest absolute Gasteiger partial charge is 0.352 e. The third kappa shape index (κ3) is 3.68. The Morgan fingerprint density at radius 2 is 2.00 bits per heavy atom. The number of imidazole rings is 1. The van der Waals surface area contributed by atoms with Gasteiger partial charge in [0, 0.05) is 32.2 Å². The first kappa shape index (κ1) is 17.7. The Morgan fingerprint density at radius 3 is 2.79 bits per heavy atom. The molecule has 0 fully saturated rings. The van der Waals surface area contributed by atoms with Gasteiger partial charge in [0.05, 0.1) is 18.6 Å². The van der Waals surface area contributed by atoms with Gasteiger partial charge in [0.1, 0.15) is 5.82 Å². The van der Waals surface area contributed by atoms with Gasteiger partial charge in [-0.3, -0.25) is 9.39 Å². The van der Waals surface area contributed by atoms with E-state index in [1.807, 2.05) is 34.9 Å². The zero-order chi connectivity index (χ0) is 19.3. The van der Waals surface area contributed by atoms with Gasteiger partial charge in [-0.15, -0.1) is 10.2 Å². The Hall–Kier alpha value is -3.75. The van der Waals surface area contributed by atoms with Crippen molar-refractivity contribution in [2.24, 2.45) is 4.99 Å². The van der Waals surface area contributed by atoms with E-state index in [-0.39, 0.29) is 5.82 Å². The minimum Gasteiger partial charge on any atom is -0.352 e. The van der Waals surface area contributed by atoms with Crippen LogP contribution in [0.2, 0.25) is 0 Å². The standard InChI is InChI=1S/C19H19FN8/c1-21-19(24-12-18-26-25-17-4-2-3-8-28(17)18)23-11-14-5-6-16(15(20)10-14)27-9-7-22-13-27/h2-10,13H,11-12H2,1H3,(H2,21,23,24). The second-order valence-corrected chi connectivity index (χ2v) is 6.08. The van der Waals surface area contributed by atoms with Gasteiger partial charge in [-0.25, -0.2) is 9.37 Å². The molecule has 4 rings (SSSR count). The molecule has 3 aromatic heterocycles. The van der Waals surface area contributed by atoms with Gasteiger partial charge in [0.25, 0.3) is 0 Å². The van der Waals surface area contributed by atoms with Gasteiger partial charge in [-0.05, 0) is 29.8 Å². The van der Waals surface area contributed by atoms with Crippen molar-refractivity contribution < 1.29 is 4.39 Å². The topological polar surface area (TPSA) is 84.4 Å². The number of fused-ring (bicyclic) bond motifs is 1. The Bertz CT molecular complexity index is 1100. The quantitative estimate of drug-likeness (QED) is 0.409. The van der Waals surface area contributed by atoms with Crippen LogP contribution in [0.15, 0.2) is 66.3 Å². The molecule has 4 aromatic rings. The number of hydrogen-bond donors (Lipinski definition) is 2. The summed E-state index contributed by atoms with van der Waals surface area (Å²) < 4.78 is 17.9. The second-order valence-electron chi connectivity index (χ2n) is 6.08. The van der Waals surface area contributed by atoms with Crippen LogP contribution < -0.4 is 10.6 Å². The van der Waals surface area contributed by atoms with E-state index in [9.17, 15) is 4.39 Å². The van der Waals surface area contributed by atoms with Crippen LogP contribution in [0.1, 0.15) is 11.4 Å². The van der Waals surface area contributed by atoms with E-state index in [2.05, 4.69) is 30.8 Å². The van der Waals surface area contributed by atoms with Crippen molar-refractivity contribution in [3.8, 4) is 5.69 Å². The van der Waals surface area contributed by atoms with Gasteiger partial charge < -0.3 is 15.2 Å². The zero-order valence-corrected chi connectivity index (χ0v) is 15.2. The number of aromatic nitrogens is 5. The second kappa shape index (κ2) is 7.87. The van der Waals surface area contributed by atoms with Crippen LogP contribution >= 0.6 is 0 Å². The summed E-state index contributed by atoms with van der Waals surface area (Å²) in [5.41, 5.74) is 2.05. The number of halogens is 1. The highest BCUT2D eigenvalue weighted by atomic mass is 19.1. The highest BCUT2D eigenvalue weighted by molar-refractivity contribution is 5.79. The molecule has 0 atom stereocenters. The van der Waals surface area contributed by atoms with E-state index in [1.54, 1.807) is 36.4 Å². The molecule has 0 saturated carbocycles. The number of guanidine groups is 1. The summed E-state index contributed by atoms with van der Waals surface area (Å²) in [6.07, 6.45) is 6.79. The first-order chi connectivity index (χ1) is 13.7. The lowest BCUT2D eigenvalue weighted by molar-refractivity contribution is 0.614. The molecule has 3 heterocycles. The van der Waals surface area contributed by atoms with Crippen LogP contribution in [-0.4, -0.2) is 37.2 Å². The van der Waals surface area contributed by atoms with Crippen molar-refractivity contribution in [3.05, 3.63) is 78.5 Å². The summed E-state index contributed by atoms with van der Waals surface area (Å²) in [7, 11) is 1.68. The molecular weight excluding hydrogens is 359 g/mol. The van der Waals surface area contributed by atoms with Gasteiger partial charge in [-0.1, -0.05) is 12.1 Å². The highest BCUT2D eigenvalue weighted by Gasteiger charge is 2.08. The van der Waals surface area contributed by atoms with E-state index in [4.69, 9.17) is 0 Å². The molecule has 28 heavy (non-hydrogen) atoms. The average molecular weight is 378 g/mol. The lowest BCUT2D eigenvalue weighted by Gasteiger charge is -2.12. The predicted molar refractivity (Wildman–Crippen MR) is 104 cm³/mol. The summed E-state index contributed by atoms with van der Waals surface area (Å²) in [6.45, 7) is 0.889. The third-order valence-corrected chi connectivity index (χ3v) is 4.28. The molecule has 0 saturated heterocycles. The van der Waals surface area contributed by atoms with Crippen LogP contribution in [0.3, 0.4) is 0 Å². The Labute approximate surface area is 160 Å². The molecule has 0 spiro atoms. The highest BCUT2D eigenvalue weighted by Crippen LogP contribution is 2.14. The van der Waals surface area contributed by atoms with Gasteiger partial charge in [0.2, 0.25) is 0 Å². The van der Waals surface area contributed by atoms with Crippen molar-refractivity contribution in [2.45, 2.75) is 13.1 Å². The van der Waals surface area contributed by atoms with Crippen LogP contribution in [0, 0.1) is 5.82 Å². The SMILES string of the molecule is CN=C(NCc1ccc(-n2ccnc2)c(F)c1)NCc1nnc2ccccn12. The molecule has 0 aliphatic carbocycles. The maximum absolute atomic E-state index is 14.4. The summed E-state index contributed by atoms with van der Waals surface area (Å²) in [5.74, 6) is 1.05. The number of nitrogens with one attached hydrogen (secondary N) is 2. The van der Waals surface area contributed by atoms with Crippen LogP contribution in [0.25, 0.3) is 11.3 Å². The van der Waals surface area contributed by atoms with Crippen molar-refractivity contribution in [1.82, 2.24) is 34.8 Å². The Morgan fingerprint density at radius 1 is 1.11 bits per heavy atom. The first-order valence-corrected chi connectivity index (χ1v) is 8.74. The molecule has 0 unspecified atom stereocenters. The van der Waals surface area contributed by atoms with Gasteiger partial charge >= 0.3 is 0 Å². The predicted octanol–water partition coefficient (Wildman–Crippen LogP) is 1.92. The molecule has 0 bridgehead atoms. The molecule has 0 aliphatic heterocycles. The number of aliphatic imine (C=N–C) groups is 1. The van der Waals surface area contributed by atoms with E-state index < -0.39 is 0 Å². The normalized spacial score (nSPS) is 11.7. The molecular formula is C19H19FN8. The minimum absolute atomic E-state index is 0.310. The Balaban J connectivity index is 1.37. The molecule has 2 N–H and O–H groups in total. The molecule has 0 radical (unpaired) electrons. The Kier molecular flexibility index (Phi) is 4.96. The summed E-state index contributed by atoms with van der Waals surface area (Å²) in [6, 6.07) is 10.8. The fraction of sp³-hybridized carbons (Fsp3) is 0.158. The van der Waals surface area contributed by atoms with E-state index in [0.29, 0.717) is 24.7 Å². The molecule has 8 nitrogen and oxygen atoms in total. The van der Waals surface area contributed by atoms with Crippen LogP contribution in [0.4, 0.5) is 4.39 Å². The molecule has 1 aromatic carbocycles. The summed E-state index contributed by atoms with van der Waals surface area (Å²) in [5, 5.41) is 14.7. The molecule has 142 valence electrons. The van der Waals surface area contributed by atoms with E-state index >= 15 is 0 Å². The maximum Gasteiger partial charge on any atom is 0.191 e. The lowest BCUT2D eigenvalue weighted by atomic mass is 10.2. The van der Waals surface area contributed by atoms with Crippen LogP contribution in [-0.2, 0) is 13.1 Å². The van der Waals surface area contributed by atoms with E-state index in [1.165, 1.54) is 6.07 Å². The smallest absolute Gasteiger partial charge is 0.191 e. The van der Waals surface area contributed by atoms with E-state index in [0.717, 1.165) is 17.0 Å². The van der Waals surface area contributed by atoms with Crippen molar-refractivity contribution in [1.29, 1.82) is 0 Å². The third-order valence-electron chi connectivity index (χ3n) is 4.28. The fourth-order valence-corrected chi connectivity index (χ4v) is 2.85. The van der Waals surface area contributed by atoms with Gasteiger partial charge in [0.15, 0.2) is 17.4 Å². The first-order valence-electron chi connectivity index (χ1n) is 8.74. The zero-order valence-electron chi connectivity index (χ0n) is 15.2. The fourth-order valence-electron chi connectivity index (χ4n) is 2.85. The number of hydrogen-bond acceptors (Lipinski definition) is 4. The summed E-state index contributed by atoms with van der Waals surface area (Å²) in [4.78, 5) is 8.14. The number of pyridine rings is 1. The molecule has 9 heteroatoms.